The highest BCUT2D eigenvalue weighted by Gasteiger charge is 2.18. The minimum absolute atomic E-state index is 0.0158. The number of imidazole rings is 1. The predicted octanol–water partition coefficient (Wildman–Crippen LogP) is 0.673. The summed E-state index contributed by atoms with van der Waals surface area (Å²) in [6, 6.07) is 5.06. The summed E-state index contributed by atoms with van der Waals surface area (Å²) >= 11 is 0. The minimum Gasteiger partial charge on any atom is -0.382 e. The molecule has 0 saturated carbocycles. The number of hydrogen-bond donors (Lipinski definition) is 2. The maximum Gasteiger partial charge on any atom is 0.256 e. The Morgan fingerprint density at radius 1 is 1.19 bits per heavy atom. The number of anilines is 2. The van der Waals surface area contributed by atoms with Gasteiger partial charge in [-0.1, -0.05) is 0 Å². The van der Waals surface area contributed by atoms with E-state index >= 15 is 0 Å². The molecular formula is C15H13BF2N8. The van der Waals surface area contributed by atoms with Crippen LogP contribution in [0.1, 0.15) is 5.82 Å². The van der Waals surface area contributed by atoms with Crippen molar-refractivity contribution in [2.75, 3.05) is 11.5 Å². The Bertz CT molecular complexity index is 1150. The van der Waals surface area contributed by atoms with Crippen molar-refractivity contribution < 1.29 is 8.78 Å². The highest BCUT2D eigenvalue weighted by atomic mass is 19.3. The van der Waals surface area contributed by atoms with Crippen LogP contribution in [0.2, 0.25) is 0 Å². The summed E-state index contributed by atoms with van der Waals surface area (Å²) in [7, 11) is 5.98. The predicted molar refractivity (Wildman–Crippen MR) is 94.5 cm³/mol. The fourth-order valence-electron chi connectivity index (χ4n) is 2.99. The Morgan fingerprint density at radius 2 is 1.96 bits per heavy atom. The molecule has 0 aliphatic rings. The third kappa shape index (κ3) is 2.43. The molecule has 0 bridgehead atoms. The summed E-state index contributed by atoms with van der Waals surface area (Å²) in [5.74, 6) is 0.586. The van der Waals surface area contributed by atoms with Crippen LogP contribution in [-0.4, -0.2) is 43.4 Å². The molecule has 0 aliphatic heterocycles. The number of hydrogen-bond acceptors (Lipinski definition) is 6. The summed E-state index contributed by atoms with van der Waals surface area (Å²) in [6.07, 6.45) is -2.52. The van der Waals surface area contributed by atoms with Gasteiger partial charge >= 0.3 is 0 Å². The van der Waals surface area contributed by atoms with Crippen LogP contribution < -0.4 is 17.1 Å². The molecule has 2 radical (unpaired) electrons. The number of rotatable bonds is 3. The van der Waals surface area contributed by atoms with Gasteiger partial charge in [-0.25, -0.2) is 23.3 Å². The van der Waals surface area contributed by atoms with Crippen molar-refractivity contribution in [3.63, 3.8) is 0 Å². The molecule has 0 atom stereocenters. The fourth-order valence-corrected chi connectivity index (χ4v) is 2.99. The van der Waals surface area contributed by atoms with Crippen molar-refractivity contribution in [3.8, 4) is 11.3 Å². The SMILES string of the molecule is [B]c1cc(-c2ccc3nc(C)n(CC(F)F)c3n2)c2c(N)nc(N)nn12. The van der Waals surface area contributed by atoms with Crippen LogP contribution in [0.3, 0.4) is 0 Å². The monoisotopic (exact) mass is 354 g/mol. The van der Waals surface area contributed by atoms with E-state index in [-0.39, 0.29) is 11.8 Å². The average molecular weight is 354 g/mol. The summed E-state index contributed by atoms with van der Waals surface area (Å²) in [5.41, 5.74) is 14.3. The number of nitrogens with two attached hydrogens (primary N) is 2. The van der Waals surface area contributed by atoms with Gasteiger partial charge in [0.25, 0.3) is 6.43 Å². The third-order valence-corrected chi connectivity index (χ3v) is 4.06. The van der Waals surface area contributed by atoms with Crippen molar-refractivity contribution in [2.45, 2.75) is 19.9 Å². The molecule has 0 unspecified atom stereocenters. The summed E-state index contributed by atoms with van der Waals surface area (Å²) < 4.78 is 28.5. The summed E-state index contributed by atoms with van der Waals surface area (Å²) in [5, 5.41) is 4.04. The molecule has 0 spiro atoms. The van der Waals surface area contributed by atoms with E-state index < -0.39 is 13.0 Å². The minimum atomic E-state index is -2.52. The Hall–Kier alpha value is -3.24. The first-order valence-corrected chi connectivity index (χ1v) is 7.67. The molecule has 0 amide bonds. The molecule has 11 heteroatoms. The van der Waals surface area contributed by atoms with Gasteiger partial charge < -0.3 is 16.0 Å². The van der Waals surface area contributed by atoms with Gasteiger partial charge in [-0.15, -0.1) is 5.10 Å². The van der Waals surface area contributed by atoms with E-state index in [1.165, 1.54) is 9.08 Å². The van der Waals surface area contributed by atoms with Gasteiger partial charge in [0.05, 0.1) is 12.2 Å². The smallest absolute Gasteiger partial charge is 0.256 e. The number of pyridine rings is 1. The van der Waals surface area contributed by atoms with E-state index in [1.54, 1.807) is 25.1 Å². The molecule has 4 heterocycles. The Morgan fingerprint density at radius 3 is 2.69 bits per heavy atom. The van der Waals surface area contributed by atoms with Crippen LogP contribution in [0.5, 0.6) is 0 Å². The van der Waals surface area contributed by atoms with Gasteiger partial charge in [-0.2, -0.15) is 4.98 Å². The standard InChI is InChI=1S/C15H13BF2N8/c1-6-21-9-3-2-8(22-14(9)25(6)5-11(17)18)7-4-10(16)26-12(7)13(19)23-15(20)24-26/h2-4,11H,5H2,1H3,(H4,19,20,23,24). The molecule has 0 aliphatic carbocycles. The summed E-state index contributed by atoms with van der Waals surface area (Å²) in [4.78, 5) is 12.7. The molecular weight excluding hydrogens is 341 g/mol. The van der Waals surface area contributed by atoms with Gasteiger partial charge in [-0.05, 0) is 30.7 Å². The van der Waals surface area contributed by atoms with Gasteiger partial charge in [0, 0.05) is 5.56 Å². The second-order valence-electron chi connectivity index (χ2n) is 5.80. The van der Waals surface area contributed by atoms with Crippen molar-refractivity contribution in [2.24, 2.45) is 0 Å². The number of aromatic nitrogens is 6. The molecule has 8 nitrogen and oxygen atoms in total. The molecule has 4 aromatic heterocycles. The van der Waals surface area contributed by atoms with Crippen molar-refractivity contribution in [3.05, 3.63) is 24.0 Å². The van der Waals surface area contributed by atoms with Crippen LogP contribution >= 0.6 is 0 Å². The average Bonchev–Trinajstić information content (AvgIpc) is 3.05. The zero-order valence-electron chi connectivity index (χ0n) is 13.7. The normalized spacial score (nSPS) is 11.8. The lowest BCUT2D eigenvalue weighted by Crippen LogP contribution is -2.15. The zero-order valence-corrected chi connectivity index (χ0v) is 13.7. The number of nitrogens with zero attached hydrogens (tertiary/aromatic N) is 6. The second kappa shape index (κ2) is 5.65. The fraction of sp³-hybridized carbons (Fsp3) is 0.200. The van der Waals surface area contributed by atoms with Crippen LogP contribution in [0.15, 0.2) is 18.2 Å². The molecule has 4 rings (SSSR count). The molecule has 4 aromatic rings. The maximum absolute atomic E-state index is 12.9. The first-order chi connectivity index (χ1) is 12.3. The second-order valence-corrected chi connectivity index (χ2v) is 5.80. The van der Waals surface area contributed by atoms with Crippen LogP contribution in [0.4, 0.5) is 20.5 Å². The highest BCUT2D eigenvalue weighted by Crippen LogP contribution is 2.28. The Kier molecular flexibility index (Phi) is 3.53. The number of halogens is 2. The quantitative estimate of drug-likeness (QED) is 0.523. The molecule has 0 fully saturated rings. The molecule has 4 N–H and O–H groups in total. The largest absolute Gasteiger partial charge is 0.382 e. The van der Waals surface area contributed by atoms with E-state index in [1.807, 2.05) is 0 Å². The highest BCUT2D eigenvalue weighted by molar-refractivity contribution is 6.32. The number of nitrogen functional groups attached to an aromatic ring is 2. The van der Waals surface area contributed by atoms with E-state index in [9.17, 15) is 8.78 Å². The molecule has 0 aromatic carbocycles. The van der Waals surface area contributed by atoms with E-state index in [2.05, 4.69) is 20.1 Å². The Balaban J connectivity index is 1.97. The van der Waals surface area contributed by atoms with Gasteiger partial charge in [0.1, 0.15) is 24.7 Å². The van der Waals surface area contributed by atoms with E-state index in [4.69, 9.17) is 19.3 Å². The van der Waals surface area contributed by atoms with E-state index in [0.717, 1.165) is 0 Å². The van der Waals surface area contributed by atoms with E-state index in [0.29, 0.717) is 39.4 Å². The van der Waals surface area contributed by atoms with Crippen molar-refractivity contribution in [1.82, 2.24) is 29.1 Å². The molecule has 0 saturated heterocycles. The molecule has 130 valence electrons. The van der Waals surface area contributed by atoms with Gasteiger partial charge in [0.15, 0.2) is 11.5 Å². The topological polar surface area (TPSA) is 113 Å². The first kappa shape index (κ1) is 16.2. The van der Waals surface area contributed by atoms with Gasteiger partial charge in [0.2, 0.25) is 5.95 Å². The molecule has 26 heavy (non-hydrogen) atoms. The van der Waals surface area contributed by atoms with Crippen molar-refractivity contribution in [1.29, 1.82) is 0 Å². The number of aryl methyl sites for hydroxylation is 1. The van der Waals surface area contributed by atoms with Crippen LogP contribution in [0, 0.1) is 6.92 Å². The van der Waals surface area contributed by atoms with Crippen LogP contribution in [0.25, 0.3) is 27.9 Å². The lowest BCUT2D eigenvalue weighted by molar-refractivity contribution is 0.127. The third-order valence-electron chi connectivity index (χ3n) is 4.06. The Labute approximate surface area is 147 Å². The first-order valence-electron chi connectivity index (χ1n) is 7.67. The number of alkyl halides is 2. The lowest BCUT2D eigenvalue weighted by Gasteiger charge is -2.07. The van der Waals surface area contributed by atoms with Crippen molar-refractivity contribution >= 4 is 41.9 Å². The zero-order chi connectivity index (χ0) is 18.6. The summed E-state index contributed by atoms with van der Waals surface area (Å²) in [6.45, 7) is 1.17. The van der Waals surface area contributed by atoms with Crippen LogP contribution in [-0.2, 0) is 6.54 Å². The maximum atomic E-state index is 12.9. The lowest BCUT2D eigenvalue weighted by atomic mass is 10.0. The van der Waals surface area contributed by atoms with Gasteiger partial charge in [-0.3, -0.25) is 0 Å². The number of fused-ring (bicyclic) bond motifs is 2.